The Bertz CT molecular complexity index is 1590. The molecule has 0 aromatic carbocycles. The Morgan fingerprint density at radius 3 is 2.71 bits per heavy atom. The first-order valence-electron chi connectivity index (χ1n) is 12.2. The Labute approximate surface area is 221 Å². The zero-order chi connectivity index (χ0) is 27.0. The number of aryl methyl sites for hydroxylation is 1. The average Bonchev–Trinajstić information content (AvgIpc) is 3.33. The van der Waals surface area contributed by atoms with E-state index in [9.17, 15) is 13.5 Å². The maximum atomic E-state index is 11.8. The first kappa shape index (κ1) is 25.9. The molecule has 1 aliphatic rings. The Hall–Kier alpha value is -3.77. The molecule has 0 unspecified atom stereocenters. The summed E-state index contributed by atoms with van der Waals surface area (Å²) in [5.74, 6) is 1.72. The third-order valence-electron chi connectivity index (χ3n) is 6.82. The van der Waals surface area contributed by atoms with Crippen LogP contribution in [0, 0.1) is 12.8 Å². The van der Waals surface area contributed by atoms with Gasteiger partial charge >= 0.3 is 0 Å². The molecule has 1 aliphatic heterocycles. The van der Waals surface area contributed by atoms with Crippen molar-refractivity contribution in [1.29, 1.82) is 0 Å². The summed E-state index contributed by atoms with van der Waals surface area (Å²) >= 11 is 0. The molecular formula is C26H30N6O5S. The molecule has 38 heavy (non-hydrogen) atoms. The van der Waals surface area contributed by atoms with Crippen LogP contribution in [0.3, 0.4) is 0 Å². The van der Waals surface area contributed by atoms with Gasteiger partial charge in [0.25, 0.3) is 0 Å². The van der Waals surface area contributed by atoms with Gasteiger partial charge in [-0.3, -0.25) is 9.97 Å². The Morgan fingerprint density at radius 2 is 2.00 bits per heavy atom. The van der Waals surface area contributed by atoms with E-state index in [0.29, 0.717) is 29.7 Å². The largest absolute Gasteiger partial charge is 0.496 e. The van der Waals surface area contributed by atoms with Crippen LogP contribution in [0.25, 0.3) is 28.0 Å². The number of nitrogens with zero attached hydrogens (tertiary/aromatic N) is 6. The van der Waals surface area contributed by atoms with Gasteiger partial charge in [0, 0.05) is 66.1 Å². The number of fused-ring (bicyclic) bond motifs is 1. The summed E-state index contributed by atoms with van der Waals surface area (Å²) in [6.07, 6.45) is 6.39. The van der Waals surface area contributed by atoms with Crippen LogP contribution in [0.1, 0.15) is 12.6 Å². The highest BCUT2D eigenvalue weighted by Crippen LogP contribution is 2.36. The van der Waals surface area contributed by atoms with Crippen molar-refractivity contribution < 1.29 is 23.0 Å². The van der Waals surface area contributed by atoms with E-state index in [1.54, 1.807) is 42.5 Å². The second kappa shape index (κ2) is 10.2. The normalized spacial score (nSPS) is 17.4. The number of hydrogen-bond acceptors (Lipinski definition) is 10. The van der Waals surface area contributed by atoms with Crippen LogP contribution in [-0.4, -0.2) is 83.2 Å². The molecule has 2 atom stereocenters. The third kappa shape index (κ3) is 5.01. The number of aromatic nitrogens is 5. The van der Waals surface area contributed by atoms with Crippen LogP contribution in [0.2, 0.25) is 0 Å². The summed E-state index contributed by atoms with van der Waals surface area (Å²) in [5, 5.41) is 14.8. The summed E-state index contributed by atoms with van der Waals surface area (Å²) < 4.78 is 36.6. The highest BCUT2D eigenvalue weighted by atomic mass is 32.2. The fraction of sp³-hybridized carbons (Fsp3) is 0.385. The van der Waals surface area contributed by atoms with Crippen molar-refractivity contribution in [2.24, 2.45) is 5.92 Å². The van der Waals surface area contributed by atoms with Gasteiger partial charge in [-0.25, -0.2) is 13.1 Å². The highest BCUT2D eigenvalue weighted by molar-refractivity contribution is 7.90. The number of rotatable bonds is 9. The quantitative estimate of drug-likeness (QED) is 0.339. The van der Waals surface area contributed by atoms with Gasteiger partial charge in [0.2, 0.25) is 5.88 Å². The first-order chi connectivity index (χ1) is 18.2. The lowest BCUT2D eigenvalue weighted by Gasteiger charge is -2.48. The van der Waals surface area contributed by atoms with Crippen molar-refractivity contribution in [2.75, 3.05) is 43.8 Å². The number of methoxy groups -OCH3 is 1. The van der Waals surface area contributed by atoms with Crippen LogP contribution in [0.4, 0.5) is 5.69 Å². The lowest BCUT2D eigenvalue weighted by molar-refractivity contribution is 0.196. The van der Waals surface area contributed by atoms with E-state index in [1.165, 1.54) is 6.26 Å². The van der Waals surface area contributed by atoms with Gasteiger partial charge in [-0.1, -0.05) is 0 Å². The predicted molar refractivity (Wildman–Crippen MR) is 144 cm³/mol. The van der Waals surface area contributed by atoms with E-state index in [4.69, 9.17) is 14.5 Å². The molecule has 200 valence electrons. The Balaban J connectivity index is 1.58. The smallest absolute Gasteiger partial charge is 0.217 e. The highest BCUT2D eigenvalue weighted by Gasteiger charge is 2.38. The number of aliphatic hydroxyl groups excluding tert-OH is 1. The minimum Gasteiger partial charge on any atom is -0.496 e. The fourth-order valence-electron chi connectivity index (χ4n) is 4.84. The Morgan fingerprint density at radius 1 is 1.18 bits per heavy atom. The molecule has 5 rings (SSSR count). The molecule has 1 N–H and O–H groups in total. The van der Waals surface area contributed by atoms with E-state index in [0.717, 1.165) is 27.8 Å². The summed E-state index contributed by atoms with van der Waals surface area (Å²) in [4.78, 5) is 15.8. The number of hydrogen-bond donors (Lipinski definition) is 1. The van der Waals surface area contributed by atoms with Crippen LogP contribution in [0.5, 0.6) is 11.6 Å². The minimum atomic E-state index is -3.07. The van der Waals surface area contributed by atoms with Crippen molar-refractivity contribution in [1.82, 2.24) is 24.7 Å². The summed E-state index contributed by atoms with van der Waals surface area (Å²) in [7, 11) is -1.47. The molecule has 0 aliphatic carbocycles. The molecule has 5 heterocycles. The lowest BCUT2D eigenvalue weighted by atomic mass is 9.91. The van der Waals surface area contributed by atoms with Gasteiger partial charge in [0.1, 0.15) is 22.2 Å². The van der Waals surface area contributed by atoms with Crippen molar-refractivity contribution in [2.45, 2.75) is 19.9 Å². The minimum absolute atomic E-state index is 0.0242. The van der Waals surface area contributed by atoms with Crippen molar-refractivity contribution in [3.05, 3.63) is 48.5 Å². The molecule has 4 aromatic rings. The van der Waals surface area contributed by atoms with Crippen LogP contribution < -0.4 is 14.4 Å². The monoisotopic (exact) mass is 538 g/mol. The third-order valence-corrected chi connectivity index (χ3v) is 7.85. The number of aliphatic hydroxyl groups is 1. The predicted octanol–water partition coefficient (Wildman–Crippen LogP) is 2.43. The van der Waals surface area contributed by atoms with Crippen LogP contribution >= 0.6 is 0 Å². The molecule has 1 saturated heterocycles. The molecule has 0 saturated carbocycles. The Kier molecular flexibility index (Phi) is 6.93. The topological polar surface area (TPSA) is 133 Å². The van der Waals surface area contributed by atoms with Crippen molar-refractivity contribution in [3.8, 4) is 28.7 Å². The van der Waals surface area contributed by atoms with Crippen molar-refractivity contribution >= 4 is 26.4 Å². The molecule has 0 amide bonds. The zero-order valence-corrected chi connectivity index (χ0v) is 22.5. The van der Waals surface area contributed by atoms with E-state index in [2.05, 4.69) is 20.0 Å². The average molecular weight is 539 g/mol. The van der Waals surface area contributed by atoms with Crippen LogP contribution in [-0.2, 0) is 9.84 Å². The van der Waals surface area contributed by atoms with Gasteiger partial charge in [-0.15, -0.1) is 0 Å². The molecule has 0 radical (unpaired) electrons. The number of pyridine rings is 3. The van der Waals surface area contributed by atoms with E-state index >= 15 is 0 Å². The second-order valence-corrected chi connectivity index (χ2v) is 11.7. The van der Waals surface area contributed by atoms with E-state index in [-0.39, 0.29) is 30.9 Å². The zero-order valence-electron chi connectivity index (χ0n) is 21.7. The van der Waals surface area contributed by atoms with Crippen molar-refractivity contribution in [3.63, 3.8) is 0 Å². The molecule has 12 heteroatoms. The van der Waals surface area contributed by atoms with Gasteiger partial charge in [0.15, 0.2) is 5.82 Å². The molecule has 0 bridgehead atoms. The molecule has 4 aromatic heterocycles. The molecular weight excluding hydrogens is 508 g/mol. The lowest BCUT2D eigenvalue weighted by Crippen LogP contribution is -2.57. The maximum absolute atomic E-state index is 11.8. The SMILES string of the molecule is COc1ccncc1-c1cc2c(cnn2-c2cc(N3C[C@H](CS(C)(=O)=O)[C@H]3C)cc(OCCO)n2)c(C)n1. The van der Waals surface area contributed by atoms with Gasteiger partial charge in [-0.05, 0) is 26.0 Å². The molecule has 0 spiro atoms. The number of ether oxygens (including phenoxy) is 2. The summed E-state index contributed by atoms with van der Waals surface area (Å²) in [5.41, 5.74) is 3.87. The van der Waals surface area contributed by atoms with E-state index in [1.807, 2.05) is 26.0 Å². The standard InChI is InChI=1S/C26H30N6O5S/c1-16-20-13-28-32(23(20)11-22(29-16)21-12-27-6-5-24(21)36-3)25-9-19(10-26(30-25)37-8-7-33)31-14-18(17(31)2)15-38(4,34)35/h5-6,9-13,17-18,33H,7-8,14-15H2,1-4H3/t17-,18-/m1/s1. The maximum Gasteiger partial charge on any atom is 0.217 e. The van der Waals surface area contributed by atoms with Crippen LogP contribution in [0.15, 0.2) is 42.9 Å². The number of anilines is 1. The van der Waals surface area contributed by atoms with Gasteiger partial charge < -0.3 is 19.5 Å². The molecule has 1 fully saturated rings. The van der Waals surface area contributed by atoms with E-state index < -0.39 is 9.84 Å². The van der Waals surface area contributed by atoms with Gasteiger partial charge in [-0.2, -0.15) is 10.1 Å². The summed E-state index contributed by atoms with van der Waals surface area (Å²) in [6.45, 7) is 4.48. The first-order valence-corrected chi connectivity index (χ1v) is 14.3. The second-order valence-electron chi connectivity index (χ2n) is 9.50. The molecule has 11 nitrogen and oxygen atoms in total. The summed E-state index contributed by atoms with van der Waals surface area (Å²) in [6, 6.07) is 7.44. The number of sulfone groups is 1. The van der Waals surface area contributed by atoms with Gasteiger partial charge in [0.05, 0.1) is 42.4 Å². The fourth-order valence-corrected chi connectivity index (χ4v) is 6.00.